The van der Waals surface area contributed by atoms with Crippen LogP contribution in [0.1, 0.15) is 10.4 Å². The Labute approximate surface area is 180 Å². The highest BCUT2D eigenvalue weighted by Gasteiger charge is 2.15. The molecule has 0 saturated carbocycles. The first-order chi connectivity index (χ1) is 14.6. The van der Waals surface area contributed by atoms with E-state index in [0.29, 0.717) is 11.3 Å². The Morgan fingerprint density at radius 2 is 1.70 bits per heavy atom. The number of hydrogen-bond acceptors (Lipinski definition) is 5. The van der Waals surface area contributed by atoms with Crippen LogP contribution in [0.3, 0.4) is 0 Å². The number of carbonyl (C=O) groups is 1. The number of amides is 1. The van der Waals surface area contributed by atoms with E-state index in [1.54, 1.807) is 7.11 Å². The molecule has 1 amide bonds. The second-order valence-electron chi connectivity index (χ2n) is 6.95. The van der Waals surface area contributed by atoms with Crippen LogP contribution in [0.4, 0.5) is 11.4 Å². The standard InChI is InChI=1S/C23H23N3O3S/c1-28-21-15-17-5-3-2-4-16(17)14-20(21)22(27)25-23(30)24-18-6-8-19(9-7-18)26-10-12-29-13-11-26/h2-9,14-15H,10-13H2,1H3,(H2,24,25,27,30). The third-order valence-electron chi connectivity index (χ3n) is 5.04. The molecule has 1 fully saturated rings. The van der Waals surface area contributed by atoms with Crippen molar-refractivity contribution in [2.75, 3.05) is 43.6 Å². The summed E-state index contributed by atoms with van der Waals surface area (Å²) < 4.78 is 10.8. The summed E-state index contributed by atoms with van der Waals surface area (Å²) in [5.74, 6) is 0.184. The van der Waals surface area contributed by atoms with E-state index in [0.717, 1.165) is 48.5 Å². The maximum Gasteiger partial charge on any atom is 0.261 e. The van der Waals surface area contributed by atoms with Gasteiger partial charge >= 0.3 is 0 Å². The molecule has 7 heteroatoms. The second-order valence-corrected chi connectivity index (χ2v) is 7.36. The third-order valence-corrected chi connectivity index (χ3v) is 5.25. The molecule has 30 heavy (non-hydrogen) atoms. The average Bonchev–Trinajstić information content (AvgIpc) is 2.79. The SMILES string of the molecule is COc1cc2ccccc2cc1C(=O)NC(=S)Nc1ccc(N2CCOCC2)cc1. The van der Waals surface area contributed by atoms with Gasteiger partial charge in [-0.1, -0.05) is 24.3 Å². The Hall–Kier alpha value is -3.16. The quantitative estimate of drug-likeness (QED) is 0.625. The maximum atomic E-state index is 12.8. The van der Waals surface area contributed by atoms with Crippen molar-refractivity contribution in [3.63, 3.8) is 0 Å². The Morgan fingerprint density at radius 3 is 2.37 bits per heavy atom. The molecule has 4 rings (SSSR count). The Morgan fingerprint density at radius 1 is 1.03 bits per heavy atom. The number of nitrogens with one attached hydrogen (secondary N) is 2. The van der Waals surface area contributed by atoms with Gasteiger partial charge in [-0.15, -0.1) is 0 Å². The molecule has 0 aliphatic carbocycles. The van der Waals surface area contributed by atoms with Gasteiger partial charge < -0.3 is 19.7 Å². The summed E-state index contributed by atoms with van der Waals surface area (Å²) >= 11 is 5.33. The first-order valence-electron chi connectivity index (χ1n) is 9.76. The first kappa shape index (κ1) is 20.1. The minimum absolute atomic E-state index is 0.231. The lowest BCUT2D eigenvalue weighted by Crippen LogP contribution is -2.36. The van der Waals surface area contributed by atoms with Crippen LogP contribution < -0.4 is 20.3 Å². The zero-order chi connectivity index (χ0) is 20.9. The van der Waals surface area contributed by atoms with E-state index in [-0.39, 0.29) is 11.0 Å². The van der Waals surface area contributed by atoms with Crippen molar-refractivity contribution in [2.45, 2.75) is 0 Å². The monoisotopic (exact) mass is 421 g/mol. The molecule has 3 aromatic carbocycles. The normalized spacial score (nSPS) is 13.7. The molecule has 154 valence electrons. The molecule has 3 aromatic rings. The lowest BCUT2D eigenvalue weighted by Gasteiger charge is -2.28. The van der Waals surface area contributed by atoms with Gasteiger partial charge in [0, 0.05) is 24.5 Å². The van der Waals surface area contributed by atoms with E-state index < -0.39 is 0 Å². The van der Waals surface area contributed by atoms with Gasteiger partial charge in [0.2, 0.25) is 0 Å². The van der Waals surface area contributed by atoms with Crippen molar-refractivity contribution in [3.8, 4) is 5.75 Å². The van der Waals surface area contributed by atoms with Crippen molar-refractivity contribution in [1.82, 2.24) is 5.32 Å². The van der Waals surface area contributed by atoms with Gasteiger partial charge in [0.1, 0.15) is 5.75 Å². The van der Waals surface area contributed by atoms with Gasteiger partial charge in [0.05, 0.1) is 25.9 Å². The van der Waals surface area contributed by atoms with Gasteiger partial charge in [-0.25, -0.2) is 0 Å². The molecule has 0 unspecified atom stereocenters. The number of benzene rings is 3. The van der Waals surface area contributed by atoms with Crippen molar-refractivity contribution >= 4 is 45.4 Å². The van der Waals surface area contributed by atoms with Crippen molar-refractivity contribution < 1.29 is 14.3 Å². The molecular weight excluding hydrogens is 398 g/mol. The number of fused-ring (bicyclic) bond motifs is 1. The molecular formula is C23H23N3O3S. The number of hydrogen-bond donors (Lipinski definition) is 2. The third kappa shape index (κ3) is 4.53. The van der Waals surface area contributed by atoms with Crippen molar-refractivity contribution in [2.24, 2.45) is 0 Å². The summed E-state index contributed by atoms with van der Waals surface area (Å²) in [7, 11) is 1.55. The summed E-state index contributed by atoms with van der Waals surface area (Å²) in [5.41, 5.74) is 2.38. The van der Waals surface area contributed by atoms with Gasteiger partial charge in [-0.05, 0) is 59.4 Å². The summed E-state index contributed by atoms with van der Waals surface area (Å²) in [5, 5.41) is 8.00. The predicted molar refractivity (Wildman–Crippen MR) is 124 cm³/mol. The molecule has 1 aliphatic heterocycles. The number of thiocarbonyl (C=S) groups is 1. The zero-order valence-corrected chi connectivity index (χ0v) is 17.5. The second kappa shape index (κ2) is 9.11. The highest BCUT2D eigenvalue weighted by molar-refractivity contribution is 7.80. The molecule has 0 spiro atoms. The van der Waals surface area contributed by atoms with Gasteiger partial charge in [-0.2, -0.15) is 0 Å². The lowest BCUT2D eigenvalue weighted by atomic mass is 10.1. The molecule has 1 heterocycles. The van der Waals surface area contributed by atoms with E-state index >= 15 is 0 Å². The minimum atomic E-state index is -0.319. The van der Waals surface area contributed by atoms with Crippen LogP contribution in [-0.4, -0.2) is 44.4 Å². The Bertz CT molecular complexity index is 1060. The molecule has 1 aliphatic rings. The molecule has 1 saturated heterocycles. The van der Waals surface area contributed by atoms with Gasteiger partial charge in [0.25, 0.3) is 5.91 Å². The Balaban J connectivity index is 1.42. The van der Waals surface area contributed by atoms with Crippen LogP contribution in [-0.2, 0) is 4.74 Å². The van der Waals surface area contributed by atoms with Crippen LogP contribution in [0.25, 0.3) is 10.8 Å². The average molecular weight is 422 g/mol. The van der Waals surface area contributed by atoms with E-state index in [1.165, 1.54) is 0 Å². The van der Waals surface area contributed by atoms with E-state index in [2.05, 4.69) is 15.5 Å². The van der Waals surface area contributed by atoms with E-state index in [9.17, 15) is 4.79 Å². The van der Waals surface area contributed by atoms with Crippen LogP contribution >= 0.6 is 12.2 Å². The van der Waals surface area contributed by atoms with E-state index in [1.807, 2.05) is 60.7 Å². The Kier molecular flexibility index (Phi) is 6.11. The van der Waals surface area contributed by atoms with Crippen molar-refractivity contribution in [3.05, 3.63) is 66.2 Å². The molecule has 0 bridgehead atoms. The van der Waals surface area contributed by atoms with Crippen molar-refractivity contribution in [1.29, 1.82) is 0 Å². The number of carbonyl (C=O) groups excluding carboxylic acids is 1. The topological polar surface area (TPSA) is 62.8 Å². The predicted octanol–water partition coefficient (Wildman–Crippen LogP) is 3.81. The minimum Gasteiger partial charge on any atom is -0.496 e. The first-order valence-corrected chi connectivity index (χ1v) is 10.2. The van der Waals surface area contributed by atoms with Gasteiger partial charge in [-0.3, -0.25) is 10.1 Å². The highest BCUT2D eigenvalue weighted by Crippen LogP contribution is 2.26. The lowest BCUT2D eigenvalue weighted by molar-refractivity contribution is 0.0975. The highest BCUT2D eigenvalue weighted by atomic mass is 32.1. The fourth-order valence-corrected chi connectivity index (χ4v) is 3.69. The fourth-order valence-electron chi connectivity index (χ4n) is 3.48. The fraction of sp³-hybridized carbons (Fsp3) is 0.217. The summed E-state index contributed by atoms with van der Waals surface area (Å²) in [6.45, 7) is 3.26. The smallest absolute Gasteiger partial charge is 0.261 e. The number of ether oxygens (including phenoxy) is 2. The van der Waals surface area contributed by atoms with Crippen LogP contribution in [0.15, 0.2) is 60.7 Å². The number of rotatable bonds is 4. The molecule has 0 atom stereocenters. The maximum absolute atomic E-state index is 12.8. The zero-order valence-electron chi connectivity index (χ0n) is 16.7. The molecule has 6 nitrogen and oxygen atoms in total. The summed E-state index contributed by atoms with van der Waals surface area (Å²) in [6.07, 6.45) is 0. The largest absolute Gasteiger partial charge is 0.496 e. The number of anilines is 2. The summed E-state index contributed by atoms with van der Waals surface area (Å²) in [6, 6.07) is 19.4. The number of methoxy groups -OCH3 is 1. The summed E-state index contributed by atoms with van der Waals surface area (Å²) in [4.78, 5) is 15.1. The molecule has 0 aromatic heterocycles. The van der Waals surface area contributed by atoms with E-state index in [4.69, 9.17) is 21.7 Å². The van der Waals surface area contributed by atoms with Crippen LogP contribution in [0.2, 0.25) is 0 Å². The number of nitrogens with zero attached hydrogens (tertiary/aromatic N) is 1. The number of morpholine rings is 1. The molecule has 0 radical (unpaired) electrons. The van der Waals surface area contributed by atoms with Gasteiger partial charge in [0.15, 0.2) is 5.11 Å². The van der Waals surface area contributed by atoms with Crippen LogP contribution in [0.5, 0.6) is 5.75 Å². The van der Waals surface area contributed by atoms with Crippen LogP contribution in [0, 0.1) is 0 Å². The molecule has 2 N–H and O–H groups in total.